The van der Waals surface area contributed by atoms with Gasteiger partial charge in [0.2, 0.25) is 5.91 Å². The number of carbonyl (C=O) groups excluding carboxylic acids is 1. The Morgan fingerprint density at radius 3 is 2.85 bits per heavy atom. The van der Waals surface area contributed by atoms with Gasteiger partial charge in [-0.15, -0.1) is 0 Å². The van der Waals surface area contributed by atoms with Gasteiger partial charge in [-0.05, 0) is 31.7 Å². The number of amides is 1. The van der Waals surface area contributed by atoms with Crippen LogP contribution in [0.15, 0.2) is 24.3 Å². The van der Waals surface area contributed by atoms with Crippen LogP contribution in [0.1, 0.15) is 38.6 Å². The lowest BCUT2D eigenvalue weighted by atomic mass is 10.2. The van der Waals surface area contributed by atoms with Crippen LogP contribution in [0.4, 0.5) is 0 Å². The fourth-order valence-corrected chi connectivity index (χ4v) is 2.80. The molecule has 20 heavy (non-hydrogen) atoms. The van der Waals surface area contributed by atoms with Gasteiger partial charge in [0.15, 0.2) is 0 Å². The van der Waals surface area contributed by atoms with Crippen LogP contribution in [0.2, 0.25) is 0 Å². The third-order valence-electron chi connectivity index (χ3n) is 3.40. The Balaban J connectivity index is 2.00. The van der Waals surface area contributed by atoms with Gasteiger partial charge in [0.25, 0.3) is 0 Å². The van der Waals surface area contributed by atoms with Gasteiger partial charge >= 0.3 is 0 Å². The highest BCUT2D eigenvalue weighted by molar-refractivity contribution is 7.99. The highest BCUT2D eigenvalue weighted by Crippen LogP contribution is 2.17. The van der Waals surface area contributed by atoms with Gasteiger partial charge in [-0.2, -0.15) is 11.8 Å². The van der Waals surface area contributed by atoms with E-state index >= 15 is 0 Å². The Morgan fingerprint density at radius 1 is 1.45 bits per heavy atom. The lowest BCUT2D eigenvalue weighted by molar-refractivity contribution is -0.121. The zero-order valence-corrected chi connectivity index (χ0v) is 13.0. The molecule has 0 unspecified atom stereocenters. The minimum atomic E-state index is -0.103. The number of carbonyl (C=O) groups is 1. The third-order valence-corrected chi connectivity index (χ3v) is 4.56. The maximum Gasteiger partial charge on any atom is 0.221 e. The van der Waals surface area contributed by atoms with Gasteiger partial charge in [0.1, 0.15) is 5.82 Å². The number of rotatable bonds is 6. The van der Waals surface area contributed by atoms with Crippen LogP contribution in [-0.4, -0.2) is 27.4 Å². The number of hydrogen-bond donors (Lipinski definition) is 2. The smallest absolute Gasteiger partial charge is 0.221 e. The first-order valence-electron chi connectivity index (χ1n) is 6.90. The van der Waals surface area contributed by atoms with E-state index in [0.717, 1.165) is 23.3 Å². The first-order valence-corrected chi connectivity index (χ1v) is 8.19. The molecule has 0 radical (unpaired) electrons. The van der Waals surface area contributed by atoms with Crippen molar-refractivity contribution in [1.29, 1.82) is 0 Å². The van der Waals surface area contributed by atoms with Crippen molar-refractivity contribution >= 4 is 28.7 Å². The molecule has 0 spiro atoms. The molecule has 0 fully saturated rings. The summed E-state index contributed by atoms with van der Waals surface area (Å²) in [6, 6.07) is 7.78. The SMILES string of the molecule is CC[C@@H](CC(=O)N[C@@H](C)c1nc2ccccc2[nH]1)SC. The number of fused-ring (bicyclic) bond motifs is 1. The molecule has 2 N–H and O–H groups in total. The lowest BCUT2D eigenvalue weighted by Gasteiger charge is -2.15. The molecule has 0 saturated heterocycles. The van der Waals surface area contributed by atoms with Crippen LogP contribution in [0.25, 0.3) is 11.0 Å². The molecule has 0 bridgehead atoms. The average molecular weight is 291 g/mol. The Bertz CT molecular complexity index is 544. The molecular weight excluding hydrogens is 270 g/mol. The summed E-state index contributed by atoms with van der Waals surface area (Å²) in [5.74, 6) is 0.885. The molecule has 108 valence electrons. The minimum absolute atomic E-state index is 0.0826. The number of hydrogen-bond acceptors (Lipinski definition) is 3. The molecule has 1 aromatic carbocycles. The predicted molar refractivity (Wildman–Crippen MR) is 84.9 cm³/mol. The molecule has 0 saturated carbocycles. The Kier molecular flexibility index (Phi) is 5.06. The van der Waals surface area contributed by atoms with Gasteiger partial charge in [-0.25, -0.2) is 4.98 Å². The fourth-order valence-electron chi connectivity index (χ4n) is 2.15. The molecule has 1 aromatic heterocycles. The summed E-state index contributed by atoms with van der Waals surface area (Å²) < 4.78 is 0. The number of para-hydroxylation sites is 2. The van der Waals surface area contributed by atoms with Crippen LogP contribution in [0.3, 0.4) is 0 Å². The molecule has 4 nitrogen and oxygen atoms in total. The van der Waals surface area contributed by atoms with Crippen molar-refractivity contribution in [3.05, 3.63) is 30.1 Å². The highest BCUT2D eigenvalue weighted by atomic mass is 32.2. The van der Waals surface area contributed by atoms with E-state index in [0.29, 0.717) is 11.7 Å². The topological polar surface area (TPSA) is 57.8 Å². The molecule has 0 aliphatic rings. The van der Waals surface area contributed by atoms with E-state index in [1.54, 1.807) is 11.8 Å². The van der Waals surface area contributed by atoms with Crippen molar-refractivity contribution < 1.29 is 4.79 Å². The molecule has 2 rings (SSSR count). The molecular formula is C15H21N3OS. The largest absolute Gasteiger partial charge is 0.346 e. The van der Waals surface area contributed by atoms with E-state index < -0.39 is 0 Å². The average Bonchev–Trinajstić information content (AvgIpc) is 2.88. The molecule has 0 aliphatic heterocycles. The summed E-state index contributed by atoms with van der Waals surface area (Å²) in [6.45, 7) is 4.06. The van der Waals surface area contributed by atoms with Crippen molar-refractivity contribution in [2.24, 2.45) is 0 Å². The Hall–Kier alpha value is -1.49. The van der Waals surface area contributed by atoms with Crippen molar-refractivity contribution in [3.63, 3.8) is 0 Å². The van der Waals surface area contributed by atoms with Crippen LogP contribution in [0.5, 0.6) is 0 Å². The number of thioether (sulfide) groups is 1. The van der Waals surface area contributed by atoms with Gasteiger partial charge in [-0.1, -0.05) is 19.1 Å². The summed E-state index contributed by atoms with van der Waals surface area (Å²) >= 11 is 1.74. The maximum absolute atomic E-state index is 12.0. The second-order valence-electron chi connectivity index (χ2n) is 4.90. The summed E-state index contributed by atoms with van der Waals surface area (Å²) in [5.41, 5.74) is 1.93. The lowest BCUT2D eigenvalue weighted by Crippen LogP contribution is -2.29. The zero-order chi connectivity index (χ0) is 14.5. The van der Waals surface area contributed by atoms with E-state index in [9.17, 15) is 4.79 Å². The Labute approximate surface area is 123 Å². The molecule has 1 amide bonds. The van der Waals surface area contributed by atoms with Gasteiger partial charge in [-0.3, -0.25) is 4.79 Å². The van der Waals surface area contributed by atoms with Gasteiger partial charge < -0.3 is 10.3 Å². The summed E-state index contributed by atoms with van der Waals surface area (Å²) in [7, 11) is 0. The predicted octanol–water partition coefficient (Wildman–Crippen LogP) is 3.27. The van der Waals surface area contributed by atoms with E-state index in [1.807, 2.05) is 37.4 Å². The monoisotopic (exact) mass is 291 g/mol. The van der Waals surface area contributed by atoms with E-state index in [2.05, 4.69) is 22.2 Å². The first-order chi connectivity index (χ1) is 9.63. The first kappa shape index (κ1) is 14.9. The van der Waals surface area contributed by atoms with Crippen LogP contribution < -0.4 is 5.32 Å². The van der Waals surface area contributed by atoms with Crippen LogP contribution in [-0.2, 0) is 4.79 Å². The van der Waals surface area contributed by atoms with Crippen molar-refractivity contribution in [1.82, 2.24) is 15.3 Å². The van der Waals surface area contributed by atoms with Gasteiger partial charge in [0, 0.05) is 11.7 Å². The summed E-state index contributed by atoms with van der Waals surface area (Å²) in [5, 5.41) is 3.40. The second kappa shape index (κ2) is 6.79. The third kappa shape index (κ3) is 3.54. The number of nitrogens with zero attached hydrogens (tertiary/aromatic N) is 1. The molecule has 2 atom stereocenters. The number of aromatic amines is 1. The number of benzene rings is 1. The molecule has 1 heterocycles. The zero-order valence-electron chi connectivity index (χ0n) is 12.1. The van der Waals surface area contributed by atoms with Crippen molar-refractivity contribution in [2.45, 2.75) is 38.0 Å². The standard InChI is InChI=1S/C15H21N3OS/c1-4-11(20-3)9-14(19)16-10(2)15-17-12-7-5-6-8-13(12)18-15/h5-8,10-11H,4,9H2,1-3H3,(H,16,19)(H,17,18)/t10-,11-/m0/s1. The molecule has 2 aromatic rings. The number of nitrogens with one attached hydrogen (secondary N) is 2. The van der Waals surface area contributed by atoms with Gasteiger partial charge in [0.05, 0.1) is 17.1 Å². The van der Waals surface area contributed by atoms with Crippen molar-refractivity contribution in [2.75, 3.05) is 6.26 Å². The quantitative estimate of drug-likeness (QED) is 0.858. The fraction of sp³-hybridized carbons (Fsp3) is 0.467. The summed E-state index contributed by atoms with van der Waals surface area (Å²) in [4.78, 5) is 19.8. The highest BCUT2D eigenvalue weighted by Gasteiger charge is 2.16. The second-order valence-corrected chi connectivity index (χ2v) is 6.04. The number of H-pyrrole nitrogens is 1. The molecule has 5 heteroatoms. The maximum atomic E-state index is 12.0. The van der Waals surface area contributed by atoms with E-state index in [1.165, 1.54) is 0 Å². The molecule has 0 aliphatic carbocycles. The summed E-state index contributed by atoms with van der Waals surface area (Å²) in [6.07, 6.45) is 3.61. The van der Waals surface area contributed by atoms with E-state index in [-0.39, 0.29) is 11.9 Å². The van der Waals surface area contributed by atoms with Crippen LogP contribution in [0, 0.1) is 0 Å². The van der Waals surface area contributed by atoms with E-state index in [4.69, 9.17) is 0 Å². The van der Waals surface area contributed by atoms with Crippen LogP contribution >= 0.6 is 11.8 Å². The number of imidazole rings is 1. The normalized spacial score (nSPS) is 14.2. The number of aromatic nitrogens is 2. The Morgan fingerprint density at radius 2 is 2.20 bits per heavy atom. The van der Waals surface area contributed by atoms with Crippen molar-refractivity contribution in [3.8, 4) is 0 Å². The minimum Gasteiger partial charge on any atom is -0.346 e.